The quantitative estimate of drug-likeness (QED) is 0.267. The van der Waals surface area contributed by atoms with Crippen molar-refractivity contribution >= 4 is 52.3 Å². The van der Waals surface area contributed by atoms with Gasteiger partial charge in [-0.1, -0.05) is 36.4 Å². The Balaban J connectivity index is 1.59. The van der Waals surface area contributed by atoms with Crippen LogP contribution in [-0.2, 0) is 9.59 Å². The topological polar surface area (TPSA) is 53.1 Å². The van der Waals surface area contributed by atoms with E-state index < -0.39 is 11.8 Å². The highest BCUT2D eigenvalue weighted by Gasteiger charge is 2.41. The maximum Gasteiger partial charge on any atom is 0.270 e. The van der Waals surface area contributed by atoms with Gasteiger partial charge in [0.1, 0.15) is 11.3 Å². The van der Waals surface area contributed by atoms with Crippen LogP contribution < -0.4 is 19.4 Å². The first-order valence-electron chi connectivity index (χ1n) is 12.1. The number of benzene rings is 3. The lowest BCUT2D eigenvalue weighted by Crippen LogP contribution is -2.56. The second kappa shape index (κ2) is 10.3. The smallest absolute Gasteiger partial charge is 0.270 e. The number of hydrogen-bond acceptors (Lipinski definition) is 5. The number of methoxy groups -OCH3 is 1. The molecule has 5 rings (SSSR count). The highest BCUT2D eigenvalue weighted by molar-refractivity contribution is 7.81. The Hall–Kier alpha value is -3.97. The normalized spacial score (nSPS) is 16.4. The molecule has 2 heterocycles. The minimum Gasteiger partial charge on any atom is -0.496 e. The van der Waals surface area contributed by atoms with Gasteiger partial charge >= 0.3 is 0 Å². The van der Waals surface area contributed by atoms with E-state index in [2.05, 4.69) is 4.90 Å². The van der Waals surface area contributed by atoms with Crippen LogP contribution in [0.1, 0.15) is 24.8 Å². The van der Waals surface area contributed by atoms with Gasteiger partial charge in [-0.2, -0.15) is 0 Å². The predicted octanol–water partition coefficient (Wildman–Crippen LogP) is 5.43. The maximum atomic E-state index is 13.7. The van der Waals surface area contributed by atoms with Crippen LogP contribution in [0.15, 0.2) is 84.4 Å². The third kappa shape index (κ3) is 4.50. The van der Waals surface area contributed by atoms with Crippen LogP contribution in [0.2, 0.25) is 0 Å². The molecule has 2 saturated heterocycles. The molecule has 2 amide bonds. The van der Waals surface area contributed by atoms with E-state index in [4.69, 9.17) is 17.0 Å². The molecule has 182 valence electrons. The highest BCUT2D eigenvalue weighted by atomic mass is 32.1. The summed E-state index contributed by atoms with van der Waals surface area (Å²) in [6, 6.07) is 24.2. The molecule has 6 nitrogen and oxygen atoms in total. The van der Waals surface area contributed by atoms with Gasteiger partial charge in [0, 0.05) is 30.4 Å². The molecule has 0 aliphatic carbocycles. The first-order chi connectivity index (χ1) is 17.6. The summed E-state index contributed by atoms with van der Waals surface area (Å²) < 4.78 is 5.69. The van der Waals surface area contributed by atoms with Crippen LogP contribution in [-0.4, -0.2) is 37.1 Å². The van der Waals surface area contributed by atoms with Crippen molar-refractivity contribution in [1.82, 2.24) is 0 Å². The first kappa shape index (κ1) is 23.8. The van der Waals surface area contributed by atoms with E-state index in [9.17, 15) is 9.59 Å². The average Bonchev–Trinajstić information content (AvgIpc) is 2.93. The average molecular weight is 498 g/mol. The number of hydrogen-bond donors (Lipinski definition) is 0. The van der Waals surface area contributed by atoms with Gasteiger partial charge in [-0.25, -0.2) is 0 Å². The summed E-state index contributed by atoms with van der Waals surface area (Å²) in [6.07, 6.45) is 5.19. The van der Waals surface area contributed by atoms with Crippen LogP contribution >= 0.6 is 12.2 Å². The molecular weight excluding hydrogens is 470 g/mol. The van der Waals surface area contributed by atoms with E-state index in [0.29, 0.717) is 22.7 Å². The molecular formula is C29H27N3O3S. The summed E-state index contributed by atoms with van der Waals surface area (Å²) in [5, 5.41) is 0.118. The van der Waals surface area contributed by atoms with Crippen molar-refractivity contribution in [1.29, 1.82) is 0 Å². The van der Waals surface area contributed by atoms with Crippen molar-refractivity contribution in [3.8, 4) is 5.75 Å². The molecule has 0 bridgehead atoms. The van der Waals surface area contributed by atoms with Crippen LogP contribution in [0.4, 0.5) is 17.1 Å². The van der Waals surface area contributed by atoms with Crippen LogP contribution in [0.3, 0.4) is 0 Å². The monoisotopic (exact) mass is 497 g/mol. The molecule has 0 N–H and O–H groups in total. The van der Waals surface area contributed by atoms with Crippen molar-refractivity contribution in [3.63, 3.8) is 0 Å². The first-order valence-corrected chi connectivity index (χ1v) is 12.5. The van der Waals surface area contributed by atoms with Gasteiger partial charge in [-0.05, 0) is 74.0 Å². The van der Waals surface area contributed by atoms with Crippen molar-refractivity contribution in [2.24, 2.45) is 0 Å². The molecule has 36 heavy (non-hydrogen) atoms. The Kier molecular flexibility index (Phi) is 6.82. The van der Waals surface area contributed by atoms with E-state index in [-0.39, 0.29) is 10.7 Å². The zero-order valence-corrected chi connectivity index (χ0v) is 20.9. The minimum atomic E-state index is -0.467. The lowest BCUT2D eigenvalue weighted by Gasteiger charge is -2.36. The second-order valence-corrected chi connectivity index (χ2v) is 9.13. The molecule has 0 saturated carbocycles. The number of rotatable bonds is 5. The molecule has 2 aliphatic heterocycles. The van der Waals surface area contributed by atoms with E-state index in [1.54, 1.807) is 37.5 Å². The summed E-state index contributed by atoms with van der Waals surface area (Å²) in [5.74, 6) is -0.326. The Morgan fingerprint density at radius 2 is 1.31 bits per heavy atom. The molecule has 3 aromatic rings. The van der Waals surface area contributed by atoms with Gasteiger partial charge in [-0.15, -0.1) is 0 Å². The fraction of sp³-hybridized carbons (Fsp3) is 0.207. The van der Waals surface area contributed by atoms with Crippen molar-refractivity contribution < 1.29 is 14.3 Å². The molecule has 2 fully saturated rings. The molecule has 0 aromatic heterocycles. The zero-order chi connectivity index (χ0) is 25.1. The molecule has 0 unspecified atom stereocenters. The van der Waals surface area contributed by atoms with E-state index in [0.717, 1.165) is 18.8 Å². The van der Waals surface area contributed by atoms with Gasteiger partial charge in [0.2, 0.25) is 0 Å². The third-order valence-corrected chi connectivity index (χ3v) is 6.88. The highest BCUT2D eigenvalue weighted by Crippen LogP contribution is 2.33. The van der Waals surface area contributed by atoms with Crippen molar-refractivity contribution in [2.45, 2.75) is 19.3 Å². The lowest BCUT2D eigenvalue weighted by atomic mass is 10.0. The molecule has 0 atom stereocenters. The summed E-state index contributed by atoms with van der Waals surface area (Å²) in [5.41, 5.74) is 2.94. The number of thiocarbonyl (C=S) groups is 1. The Bertz CT molecular complexity index is 1250. The number of amides is 2. The Morgan fingerprint density at radius 3 is 1.83 bits per heavy atom. The van der Waals surface area contributed by atoms with Gasteiger partial charge in [0.05, 0.1) is 18.5 Å². The third-order valence-electron chi connectivity index (χ3n) is 6.52. The number of ether oxygens (including phenoxy) is 1. The standard InChI is InChI=1S/C29H27N3O3S/c1-35-26-20-24(30-17-9-4-10-18-30)16-15-21(26)19-25-27(33)31(22-11-5-2-6-12-22)29(36)32(28(25)34)23-13-7-3-8-14-23/h2-3,5-8,11-16,19-20H,4,9-10,17-18H2,1H3. The van der Waals surface area contributed by atoms with Crippen LogP contribution in [0.25, 0.3) is 6.08 Å². The molecule has 2 aliphatic rings. The largest absolute Gasteiger partial charge is 0.496 e. The second-order valence-electron chi connectivity index (χ2n) is 8.77. The molecule has 3 aromatic carbocycles. The van der Waals surface area contributed by atoms with E-state index in [1.807, 2.05) is 54.6 Å². The lowest BCUT2D eigenvalue weighted by molar-refractivity contribution is -0.120. The van der Waals surface area contributed by atoms with E-state index in [1.165, 1.54) is 29.1 Å². The molecule has 0 radical (unpaired) electrons. The fourth-order valence-electron chi connectivity index (χ4n) is 4.66. The number of anilines is 3. The summed E-state index contributed by atoms with van der Waals surface area (Å²) in [4.78, 5) is 32.6. The van der Waals surface area contributed by atoms with Gasteiger partial charge in [0.25, 0.3) is 11.8 Å². The number of piperidine rings is 1. The Morgan fingerprint density at radius 1 is 0.750 bits per heavy atom. The number of nitrogens with zero attached hydrogens (tertiary/aromatic N) is 3. The fourth-order valence-corrected chi connectivity index (χ4v) is 5.04. The zero-order valence-electron chi connectivity index (χ0n) is 20.1. The maximum absolute atomic E-state index is 13.7. The summed E-state index contributed by atoms with van der Waals surface area (Å²) in [7, 11) is 1.60. The van der Waals surface area contributed by atoms with Gasteiger partial charge < -0.3 is 9.64 Å². The predicted molar refractivity (Wildman–Crippen MR) is 147 cm³/mol. The summed E-state index contributed by atoms with van der Waals surface area (Å²) in [6.45, 7) is 2.02. The van der Waals surface area contributed by atoms with Crippen LogP contribution in [0, 0.1) is 0 Å². The molecule has 0 spiro atoms. The van der Waals surface area contributed by atoms with Crippen molar-refractivity contribution in [2.75, 3.05) is 34.9 Å². The van der Waals surface area contributed by atoms with Crippen LogP contribution in [0.5, 0.6) is 5.75 Å². The SMILES string of the molecule is COc1cc(N2CCCCC2)ccc1C=C1C(=O)N(c2ccccc2)C(=S)N(c2ccccc2)C1=O. The summed E-state index contributed by atoms with van der Waals surface area (Å²) >= 11 is 5.68. The number of carbonyl (C=O) groups is 2. The van der Waals surface area contributed by atoms with Crippen molar-refractivity contribution in [3.05, 3.63) is 90.0 Å². The number of carbonyl (C=O) groups excluding carboxylic acids is 2. The number of para-hydroxylation sites is 2. The van der Waals surface area contributed by atoms with E-state index >= 15 is 0 Å². The van der Waals surface area contributed by atoms with Gasteiger partial charge in [0.15, 0.2) is 5.11 Å². The van der Waals surface area contributed by atoms with Gasteiger partial charge in [-0.3, -0.25) is 19.4 Å². The minimum absolute atomic E-state index is 0.0142. The Labute approximate surface area is 216 Å². The molecule has 7 heteroatoms.